The van der Waals surface area contributed by atoms with Crippen LogP contribution < -0.4 is 0 Å². The van der Waals surface area contributed by atoms with Gasteiger partial charge in [0.25, 0.3) is 0 Å². The molecular weight excluding hydrogens is 332 g/mol. The second kappa shape index (κ2) is 6.84. The highest BCUT2D eigenvalue weighted by Crippen LogP contribution is 2.41. The minimum atomic E-state index is -0.189. The second-order valence-electron chi connectivity index (χ2n) is 7.29. The van der Waals surface area contributed by atoms with Gasteiger partial charge in [-0.15, -0.1) is 11.3 Å². The van der Waals surface area contributed by atoms with Gasteiger partial charge in [0.05, 0.1) is 22.7 Å². The van der Waals surface area contributed by atoms with Crippen molar-refractivity contribution in [2.45, 2.75) is 39.3 Å². The van der Waals surface area contributed by atoms with E-state index in [1.54, 1.807) is 17.5 Å². The summed E-state index contributed by atoms with van der Waals surface area (Å²) in [5.74, 6) is 0.328. The first-order valence-corrected chi connectivity index (χ1v) is 9.84. The van der Waals surface area contributed by atoms with Gasteiger partial charge in [0.2, 0.25) is 5.91 Å². The van der Waals surface area contributed by atoms with E-state index in [9.17, 15) is 4.79 Å². The Morgan fingerprint density at radius 3 is 2.96 bits per heavy atom. The average molecular weight is 356 g/mol. The van der Waals surface area contributed by atoms with Crippen LogP contribution in [-0.4, -0.2) is 45.3 Å². The molecule has 2 saturated heterocycles. The van der Waals surface area contributed by atoms with E-state index < -0.39 is 0 Å². The maximum Gasteiger partial charge on any atom is 0.230 e. The molecule has 0 aliphatic carbocycles. The molecule has 1 atom stereocenters. The van der Waals surface area contributed by atoms with Crippen LogP contribution in [0, 0.1) is 12.3 Å². The summed E-state index contributed by atoms with van der Waals surface area (Å²) in [4.78, 5) is 26.3. The number of aromatic nitrogens is 2. The number of nitrogens with zero attached hydrogens (tertiary/aromatic N) is 4. The van der Waals surface area contributed by atoms with Crippen LogP contribution in [0.2, 0.25) is 0 Å². The fourth-order valence-electron chi connectivity index (χ4n) is 4.21. The van der Waals surface area contributed by atoms with E-state index in [4.69, 9.17) is 0 Å². The molecule has 25 heavy (non-hydrogen) atoms. The fraction of sp³-hybridized carbons (Fsp3) is 0.526. The number of rotatable bonds is 4. The summed E-state index contributed by atoms with van der Waals surface area (Å²) >= 11 is 1.65. The highest BCUT2D eigenvalue weighted by atomic mass is 32.1. The molecule has 4 rings (SSSR count). The molecule has 0 N–H and O–H groups in total. The van der Waals surface area contributed by atoms with Gasteiger partial charge in [-0.1, -0.05) is 6.07 Å². The van der Waals surface area contributed by atoms with Gasteiger partial charge in [0.1, 0.15) is 0 Å². The van der Waals surface area contributed by atoms with Crippen molar-refractivity contribution in [2.75, 3.05) is 19.6 Å². The standard InChI is InChI=1S/C19H24N4OS/c1-15-21-17(13-25-15)12-23-9-6-19(18(23)24)5-3-8-22(14-19)11-16-4-2-7-20-10-16/h2,4,7,10,13H,3,5-6,8-9,11-12,14H2,1H3. The number of carbonyl (C=O) groups is 1. The van der Waals surface area contributed by atoms with Crippen molar-refractivity contribution in [1.29, 1.82) is 0 Å². The van der Waals surface area contributed by atoms with Crippen molar-refractivity contribution in [3.8, 4) is 0 Å². The Kier molecular flexibility index (Phi) is 4.56. The smallest absolute Gasteiger partial charge is 0.230 e. The first-order valence-electron chi connectivity index (χ1n) is 8.96. The summed E-state index contributed by atoms with van der Waals surface area (Å²) in [6, 6.07) is 4.09. The molecule has 0 aromatic carbocycles. The molecule has 0 bridgehead atoms. The van der Waals surface area contributed by atoms with E-state index in [2.05, 4.69) is 26.3 Å². The van der Waals surface area contributed by atoms with E-state index in [1.165, 1.54) is 5.56 Å². The Labute approximate surface area is 152 Å². The number of pyridine rings is 1. The molecule has 2 aliphatic heterocycles. The second-order valence-corrected chi connectivity index (χ2v) is 8.35. The van der Waals surface area contributed by atoms with Crippen LogP contribution in [0.25, 0.3) is 0 Å². The molecule has 2 aromatic heterocycles. The molecule has 2 aliphatic rings. The van der Waals surface area contributed by atoms with Gasteiger partial charge in [-0.25, -0.2) is 4.98 Å². The predicted molar refractivity (Wildman–Crippen MR) is 98.1 cm³/mol. The average Bonchev–Trinajstić information content (AvgIpc) is 3.15. The summed E-state index contributed by atoms with van der Waals surface area (Å²) in [7, 11) is 0. The first-order chi connectivity index (χ1) is 12.1. The van der Waals surface area contributed by atoms with Gasteiger partial charge in [0, 0.05) is 37.4 Å². The number of hydrogen-bond acceptors (Lipinski definition) is 5. The molecule has 132 valence electrons. The zero-order valence-electron chi connectivity index (χ0n) is 14.6. The zero-order valence-corrected chi connectivity index (χ0v) is 15.5. The molecule has 5 nitrogen and oxygen atoms in total. The lowest BCUT2D eigenvalue weighted by Gasteiger charge is -2.39. The Morgan fingerprint density at radius 2 is 2.20 bits per heavy atom. The Balaban J connectivity index is 1.43. The van der Waals surface area contributed by atoms with Gasteiger partial charge in [-0.3, -0.25) is 14.7 Å². The van der Waals surface area contributed by atoms with Gasteiger partial charge in [-0.05, 0) is 44.4 Å². The van der Waals surface area contributed by atoms with Crippen LogP contribution in [0.1, 0.15) is 35.5 Å². The monoisotopic (exact) mass is 356 g/mol. The predicted octanol–water partition coefficient (Wildman–Crippen LogP) is 2.86. The molecule has 0 radical (unpaired) electrons. The largest absolute Gasteiger partial charge is 0.336 e. The number of amides is 1. The van der Waals surface area contributed by atoms with Crippen LogP contribution in [-0.2, 0) is 17.9 Å². The van der Waals surface area contributed by atoms with Crippen molar-refractivity contribution in [1.82, 2.24) is 19.8 Å². The van der Waals surface area contributed by atoms with E-state index >= 15 is 0 Å². The Hall–Kier alpha value is -1.79. The third-order valence-corrected chi connectivity index (χ3v) is 6.23. The first kappa shape index (κ1) is 16.7. The molecule has 1 unspecified atom stereocenters. The third kappa shape index (κ3) is 3.46. The zero-order chi connectivity index (χ0) is 17.3. The minimum Gasteiger partial charge on any atom is -0.336 e. The summed E-state index contributed by atoms with van der Waals surface area (Å²) in [6.07, 6.45) is 6.81. The van der Waals surface area contributed by atoms with Crippen molar-refractivity contribution in [2.24, 2.45) is 5.41 Å². The SMILES string of the molecule is Cc1nc(CN2CCC3(CCCN(Cc4cccnc4)C3)C2=O)cs1. The number of thiazole rings is 1. The molecule has 1 amide bonds. The van der Waals surface area contributed by atoms with Crippen LogP contribution >= 0.6 is 11.3 Å². The maximum atomic E-state index is 13.2. The van der Waals surface area contributed by atoms with E-state index in [0.29, 0.717) is 12.5 Å². The van der Waals surface area contributed by atoms with E-state index in [1.807, 2.05) is 24.1 Å². The van der Waals surface area contributed by atoms with E-state index in [0.717, 1.165) is 56.1 Å². The van der Waals surface area contributed by atoms with Crippen LogP contribution in [0.3, 0.4) is 0 Å². The third-order valence-electron chi connectivity index (χ3n) is 5.41. The number of likely N-dealkylation sites (tertiary alicyclic amines) is 2. The molecule has 1 spiro atoms. The van der Waals surface area contributed by atoms with E-state index in [-0.39, 0.29) is 5.41 Å². The topological polar surface area (TPSA) is 49.3 Å². The molecule has 4 heterocycles. The summed E-state index contributed by atoms with van der Waals surface area (Å²) in [5, 5.41) is 3.14. The minimum absolute atomic E-state index is 0.189. The van der Waals surface area contributed by atoms with Crippen LogP contribution in [0.15, 0.2) is 29.9 Å². The number of aryl methyl sites for hydroxylation is 1. The highest BCUT2D eigenvalue weighted by Gasteiger charge is 2.48. The van der Waals surface area contributed by atoms with Gasteiger partial charge >= 0.3 is 0 Å². The lowest BCUT2D eigenvalue weighted by atomic mass is 9.78. The summed E-state index contributed by atoms with van der Waals surface area (Å²) in [6.45, 7) is 6.35. The van der Waals surface area contributed by atoms with Gasteiger partial charge in [-0.2, -0.15) is 0 Å². The molecular formula is C19H24N4OS. The molecule has 0 saturated carbocycles. The van der Waals surface area contributed by atoms with Crippen molar-refractivity contribution in [3.63, 3.8) is 0 Å². The molecule has 6 heteroatoms. The maximum absolute atomic E-state index is 13.2. The number of carbonyl (C=O) groups excluding carboxylic acids is 1. The lowest BCUT2D eigenvalue weighted by molar-refractivity contribution is -0.139. The summed E-state index contributed by atoms with van der Waals surface area (Å²) < 4.78 is 0. The van der Waals surface area contributed by atoms with Crippen molar-refractivity contribution in [3.05, 3.63) is 46.2 Å². The Morgan fingerprint density at radius 1 is 1.28 bits per heavy atom. The Bertz CT molecular complexity index is 747. The normalized spacial score (nSPS) is 24.4. The van der Waals surface area contributed by atoms with Crippen molar-refractivity contribution < 1.29 is 4.79 Å². The number of piperidine rings is 1. The lowest BCUT2D eigenvalue weighted by Crippen LogP contribution is -2.47. The van der Waals surface area contributed by atoms with Gasteiger partial charge < -0.3 is 4.90 Å². The van der Waals surface area contributed by atoms with Gasteiger partial charge in [0.15, 0.2) is 0 Å². The number of hydrogen-bond donors (Lipinski definition) is 0. The highest BCUT2D eigenvalue weighted by molar-refractivity contribution is 7.09. The molecule has 2 fully saturated rings. The van der Waals surface area contributed by atoms with Crippen LogP contribution in [0.5, 0.6) is 0 Å². The van der Waals surface area contributed by atoms with Crippen molar-refractivity contribution >= 4 is 17.2 Å². The summed E-state index contributed by atoms with van der Waals surface area (Å²) in [5.41, 5.74) is 2.06. The fourth-order valence-corrected chi connectivity index (χ4v) is 4.81. The quantitative estimate of drug-likeness (QED) is 0.845. The van der Waals surface area contributed by atoms with Crippen LogP contribution in [0.4, 0.5) is 0 Å². The molecule has 2 aromatic rings.